The van der Waals surface area contributed by atoms with Gasteiger partial charge in [0.2, 0.25) is 10.0 Å². The van der Waals surface area contributed by atoms with Crippen LogP contribution in [0.4, 0.5) is 0 Å². The molecule has 0 radical (unpaired) electrons. The molecule has 182 valence electrons. The summed E-state index contributed by atoms with van der Waals surface area (Å²) in [4.78, 5) is 0.109. The van der Waals surface area contributed by atoms with Crippen molar-refractivity contribution in [3.8, 4) is 11.8 Å². The van der Waals surface area contributed by atoms with E-state index in [0.29, 0.717) is 25.0 Å². The summed E-state index contributed by atoms with van der Waals surface area (Å²) in [6.07, 6.45) is 0.218. The van der Waals surface area contributed by atoms with Gasteiger partial charge in [-0.25, -0.2) is 8.42 Å². The maximum absolute atomic E-state index is 13.5. The van der Waals surface area contributed by atoms with Crippen molar-refractivity contribution in [2.45, 2.75) is 50.2 Å². The van der Waals surface area contributed by atoms with Gasteiger partial charge in [0.05, 0.1) is 24.2 Å². The highest BCUT2D eigenvalue weighted by Gasteiger charge is 2.33. The summed E-state index contributed by atoms with van der Waals surface area (Å²) in [6, 6.07) is 17.2. The molecule has 2 rings (SSSR count). The van der Waals surface area contributed by atoms with E-state index in [4.69, 9.17) is 15.7 Å². The van der Waals surface area contributed by atoms with Crippen LogP contribution in [-0.4, -0.2) is 50.2 Å². The Bertz CT molecular complexity index is 993. The van der Waals surface area contributed by atoms with E-state index in [1.807, 2.05) is 44.2 Å². The molecule has 0 aliphatic carbocycles. The molecule has 7 nitrogen and oxygen atoms in total. The van der Waals surface area contributed by atoms with Gasteiger partial charge in [-0.3, -0.25) is 0 Å². The highest BCUT2D eigenvalue weighted by Crippen LogP contribution is 2.28. The predicted octanol–water partition coefficient (Wildman–Crippen LogP) is 3.37. The summed E-state index contributed by atoms with van der Waals surface area (Å²) in [5.41, 5.74) is 6.74. The van der Waals surface area contributed by atoms with E-state index >= 15 is 0 Å². The molecule has 33 heavy (non-hydrogen) atoms. The van der Waals surface area contributed by atoms with Crippen LogP contribution in [0.25, 0.3) is 0 Å². The number of hydrogen-bond acceptors (Lipinski definition) is 6. The van der Waals surface area contributed by atoms with Crippen LogP contribution in [0.2, 0.25) is 0 Å². The molecule has 0 aliphatic rings. The molecule has 0 bridgehead atoms. The smallest absolute Gasteiger partial charge is 0.243 e. The van der Waals surface area contributed by atoms with Crippen molar-refractivity contribution in [1.29, 1.82) is 5.26 Å². The maximum Gasteiger partial charge on any atom is 0.243 e. The molecule has 2 atom stereocenters. The number of methoxy groups -OCH3 is 1. The molecule has 0 fully saturated rings. The molecule has 0 saturated carbocycles. The third kappa shape index (κ3) is 8.61. The monoisotopic (exact) mass is 495 g/mol. The molecule has 2 aromatic carbocycles. The van der Waals surface area contributed by atoms with Crippen LogP contribution >= 0.6 is 12.4 Å². The average molecular weight is 496 g/mol. The van der Waals surface area contributed by atoms with Crippen LogP contribution in [0.15, 0.2) is 59.5 Å². The lowest BCUT2D eigenvalue weighted by Crippen LogP contribution is -2.48. The molecule has 9 heteroatoms. The summed E-state index contributed by atoms with van der Waals surface area (Å²) in [7, 11) is -2.39. The van der Waals surface area contributed by atoms with Crippen LogP contribution in [0.3, 0.4) is 0 Å². The number of rotatable bonds is 12. The van der Waals surface area contributed by atoms with Gasteiger partial charge in [-0.2, -0.15) is 9.57 Å². The Balaban J connectivity index is 0.00000544. The molecular weight excluding hydrogens is 462 g/mol. The number of aliphatic hydroxyl groups is 1. The molecule has 0 amide bonds. The lowest BCUT2D eigenvalue weighted by Gasteiger charge is -2.34. The molecule has 2 unspecified atom stereocenters. The lowest BCUT2D eigenvalue weighted by molar-refractivity contribution is 0.106. The van der Waals surface area contributed by atoms with Crippen LogP contribution < -0.4 is 10.5 Å². The summed E-state index contributed by atoms with van der Waals surface area (Å²) in [5.74, 6) is 0.551. The number of halogens is 1. The molecule has 2 aromatic rings. The minimum absolute atomic E-state index is 0. The zero-order valence-electron chi connectivity index (χ0n) is 19.3. The fourth-order valence-electron chi connectivity index (χ4n) is 3.46. The van der Waals surface area contributed by atoms with E-state index in [9.17, 15) is 13.5 Å². The second kappa shape index (κ2) is 12.9. The topological polar surface area (TPSA) is 117 Å². The first kappa shape index (κ1) is 28.9. The van der Waals surface area contributed by atoms with Gasteiger partial charge in [-0.05, 0) is 48.1 Å². The van der Waals surface area contributed by atoms with Gasteiger partial charge in [-0.15, -0.1) is 12.4 Å². The zero-order valence-corrected chi connectivity index (χ0v) is 21.0. The third-order valence-electron chi connectivity index (χ3n) is 5.41. The third-order valence-corrected chi connectivity index (χ3v) is 7.24. The molecule has 3 N–H and O–H groups in total. The minimum atomic E-state index is -3.91. The molecule has 0 heterocycles. The summed E-state index contributed by atoms with van der Waals surface area (Å²) in [5, 5.41) is 19.8. The molecule has 0 aliphatic heterocycles. The van der Waals surface area contributed by atoms with Gasteiger partial charge < -0.3 is 15.6 Å². The Hall–Kier alpha value is -2.15. The van der Waals surface area contributed by atoms with Crippen molar-refractivity contribution in [3.63, 3.8) is 0 Å². The van der Waals surface area contributed by atoms with E-state index in [1.54, 1.807) is 12.1 Å². The Morgan fingerprint density at radius 3 is 2.30 bits per heavy atom. The summed E-state index contributed by atoms with van der Waals surface area (Å²) >= 11 is 0. The summed E-state index contributed by atoms with van der Waals surface area (Å²) in [6.45, 7) is 3.84. The van der Waals surface area contributed by atoms with Gasteiger partial charge in [0, 0.05) is 25.6 Å². The lowest BCUT2D eigenvalue weighted by atomic mass is 9.88. The molecule has 0 saturated heterocycles. The summed E-state index contributed by atoms with van der Waals surface area (Å²) < 4.78 is 33.3. The number of nitrogens with two attached hydrogens (primary N) is 1. The average Bonchev–Trinajstić information content (AvgIpc) is 2.77. The second-order valence-electron chi connectivity index (χ2n) is 8.72. The van der Waals surface area contributed by atoms with Crippen molar-refractivity contribution < 1.29 is 18.3 Å². The number of ether oxygens (including phenoxy) is 1. The van der Waals surface area contributed by atoms with Gasteiger partial charge in [0.1, 0.15) is 5.75 Å². The second-order valence-corrected chi connectivity index (χ2v) is 10.7. The van der Waals surface area contributed by atoms with Gasteiger partial charge in [0.15, 0.2) is 0 Å². The normalized spacial score (nSPS) is 13.6. The number of hydrogen-bond donors (Lipinski definition) is 2. The SMILES string of the molecule is COc1ccc(S(=O)(=O)N(CC(O)C(N)Cc2ccccc2)CC(C)(C)CCC#N)cc1.Cl. The van der Waals surface area contributed by atoms with Crippen molar-refractivity contribution in [3.05, 3.63) is 60.2 Å². The largest absolute Gasteiger partial charge is 0.497 e. The van der Waals surface area contributed by atoms with E-state index in [-0.39, 0.29) is 30.4 Å². The number of benzene rings is 2. The Morgan fingerprint density at radius 2 is 1.76 bits per heavy atom. The predicted molar refractivity (Wildman–Crippen MR) is 132 cm³/mol. The number of nitrogens with zero attached hydrogens (tertiary/aromatic N) is 2. The van der Waals surface area contributed by atoms with E-state index in [0.717, 1.165) is 5.56 Å². The molecule has 0 aromatic heterocycles. The number of aliphatic hydroxyl groups excluding tert-OH is 1. The Kier molecular flexibility index (Phi) is 11.3. The number of sulfonamides is 1. The van der Waals surface area contributed by atoms with E-state index in [1.165, 1.54) is 23.5 Å². The van der Waals surface area contributed by atoms with Crippen LogP contribution in [-0.2, 0) is 16.4 Å². The first-order valence-electron chi connectivity index (χ1n) is 10.6. The molecule has 0 spiro atoms. The van der Waals surface area contributed by atoms with Gasteiger partial charge in [-0.1, -0.05) is 44.2 Å². The highest BCUT2D eigenvalue weighted by molar-refractivity contribution is 7.89. The number of nitriles is 1. The van der Waals surface area contributed by atoms with E-state index < -0.39 is 27.6 Å². The first-order valence-corrected chi connectivity index (χ1v) is 12.0. The minimum Gasteiger partial charge on any atom is -0.497 e. The van der Waals surface area contributed by atoms with Crippen molar-refractivity contribution >= 4 is 22.4 Å². The van der Waals surface area contributed by atoms with Crippen molar-refractivity contribution in [2.75, 3.05) is 20.2 Å². The van der Waals surface area contributed by atoms with Crippen LogP contribution in [0.1, 0.15) is 32.3 Å². The van der Waals surface area contributed by atoms with Crippen LogP contribution in [0, 0.1) is 16.7 Å². The fourth-order valence-corrected chi connectivity index (χ4v) is 5.11. The van der Waals surface area contributed by atoms with Gasteiger partial charge in [0.25, 0.3) is 0 Å². The highest BCUT2D eigenvalue weighted by atomic mass is 35.5. The zero-order chi connectivity index (χ0) is 23.8. The van der Waals surface area contributed by atoms with Gasteiger partial charge >= 0.3 is 0 Å². The van der Waals surface area contributed by atoms with Crippen molar-refractivity contribution in [1.82, 2.24) is 4.31 Å². The Labute approximate surface area is 203 Å². The first-order chi connectivity index (χ1) is 15.1. The fraction of sp³-hybridized carbons (Fsp3) is 0.458. The molecular formula is C24H34ClN3O4S. The standard InChI is InChI=1S/C24H33N3O4S.ClH/c1-24(2,14-7-15-25)18-27(32(29,30)21-12-10-20(31-3)11-13-21)17-23(28)22(26)16-19-8-5-4-6-9-19;/h4-6,8-13,22-23,28H,7,14,16-18,26H2,1-3H3;1H. The maximum atomic E-state index is 13.5. The van der Waals surface area contributed by atoms with Crippen LogP contribution in [0.5, 0.6) is 5.75 Å². The van der Waals surface area contributed by atoms with E-state index in [2.05, 4.69) is 6.07 Å². The Morgan fingerprint density at radius 1 is 1.15 bits per heavy atom. The quantitative estimate of drug-likeness (QED) is 0.466. The van der Waals surface area contributed by atoms with Crippen molar-refractivity contribution in [2.24, 2.45) is 11.1 Å².